The molecule has 0 amide bonds. The largest absolute Gasteiger partial charge is 0.474 e. The van der Waals surface area contributed by atoms with E-state index in [4.69, 9.17) is 4.74 Å². The Kier molecular flexibility index (Phi) is 6.10. The van der Waals surface area contributed by atoms with Gasteiger partial charge in [-0.2, -0.15) is 18.2 Å². The lowest BCUT2D eigenvalue weighted by Gasteiger charge is -2.21. The molecule has 0 radical (unpaired) electrons. The van der Waals surface area contributed by atoms with Crippen LogP contribution in [0.5, 0.6) is 5.88 Å². The lowest BCUT2D eigenvalue weighted by Crippen LogP contribution is -2.19. The molecule has 0 bridgehead atoms. The van der Waals surface area contributed by atoms with Crippen LogP contribution in [0.25, 0.3) is 0 Å². The first kappa shape index (κ1) is 20.0. The van der Waals surface area contributed by atoms with Gasteiger partial charge in [0, 0.05) is 18.9 Å². The summed E-state index contributed by atoms with van der Waals surface area (Å²) in [6.45, 7) is 7.73. The van der Waals surface area contributed by atoms with Gasteiger partial charge in [-0.05, 0) is 37.0 Å². The van der Waals surface area contributed by atoms with Gasteiger partial charge in [0.1, 0.15) is 5.56 Å². The van der Waals surface area contributed by atoms with Crippen LogP contribution in [-0.2, 0) is 6.18 Å². The molecular weight excluding hydrogens is 343 g/mol. The van der Waals surface area contributed by atoms with Gasteiger partial charge in [0.15, 0.2) is 0 Å². The number of halogens is 3. The van der Waals surface area contributed by atoms with E-state index in [0.717, 1.165) is 11.9 Å². The van der Waals surface area contributed by atoms with Crippen molar-refractivity contribution in [3.8, 4) is 5.88 Å². The standard InChI is InChI=1S/C19H24F3N3O/c1-6-13(4)26-17-16(19(20,21)22)11-23-18(24-17)25(5)15-9-7-14(8-10-15)12(2)3/h7-13H,6H2,1-5H3. The van der Waals surface area contributed by atoms with Crippen LogP contribution in [0.1, 0.15) is 51.2 Å². The minimum absolute atomic E-state index is 0.147. The first-order valence-corrected chi connectivity index (χ1v) is 8.58. The normalized spacial score (nSPS) is 13.0. The van der Waals surface area contributed by atoms with E-state index in [1.807, 2.05) is 31.2 Å². The maximum absolute atomic E-state index is 13.2. The van der Waals surface area contributed by atoms with Crippen LogP contribution in [0.15, 0.2) is 30.5 Å². The predicted octanol–water partition coefficient (Wildman–Crippen LogP) is 5.56. The zero-order valence-corrected chi connectivity index (χ0v) is 15.6. The first-order valence-electron chi connectivity index (χ1n) is 8.58. The van der Waals surface area contributed by atoms with E-state index in [1.165, 1.54) is 5.56 Å². The molecule has 1 unspecified atom stereocenters. The molecule has 4 nitrogen and oxygen atoms in total. The van der Waals surface area contributed by atoms with Crippen molar-refractivity contribution in [1.82, 2.24) is 9.97 Å². The monoisotopic (exact) mass is 367 g/mol. The summed E-state index contributed by atoms with van der Waals surface area (Å²) in [6, 6.07) is 7.76. The van der Waals surface area contributed by atoms with Gasteiger partial charge >= 0.3 is 6.18 Å². The van der Waals surface area contributed by atoms with Gasteiger partial charge in [-0.25, -0.2) is 4.98 Å². The molecule has 0 aliphatic carbocycles. The molecule has 0 aliphatic rings. The molecule has 2 rings (SSSR count). The lowest BCUT2D eigenvalue weighted by molar-refractivity contribution is -0.139. The lowest BCUT2D eigenvalue weighted by atomic mass is 10.0. The summed E-state index contributed by atoms with van der Waals surface area (Å²) in [6.07, 6.45) is -3.60. The van der Waals surface area contributed by atoms with Gasteiger partial charge in [-0.1, -0.05) is 32.9 Å². The van der Waals surface area contributed by atoms with Crippen molar-refractivity contribution in [2.24, 2.45) is 0 Å². The maximum atomic E-state index is 13.2. The molecule has 1 atom stereocenters. The van der Waals surface area contributed by atoms with Crippen LogP contribution in [0, 0.1) is 0 Å². The van der Waals surface area contributed by atoms with E-state index < -0.39 is 17.6 Å². The van der Waals surface area contributed by atoms with Gasteiger partial charge < -0.3 is 9.64 Å². The number of aromatic nitrogens is 2. The third kappa shape index (κ3) is 4.65. The van der Waals surface area contributed by atoms with Crippen molar-refractivity contribution in [3.05, 3.63) is 41.6 Å². The van der Waals surface area contributed by atoms with Crippen LogP contribution >= 0.6 is 0 Å². The minimum Gasteiger partial charge on any atom is -0.474 e. The van der Waals surface area contributed by atoms with Crippen LogP contribution in [0.2, 0.25) is 0 Å². The van der Waals surface area contributed by atoms with Crippen molar-refractivity contribution in [2.45, 2.75) is 52.3 Å². The summed E-state index contributed by atoms with van der Waals surface area (Å²) in [5.74, 6) is 0.100. The van der Waals surface area contributed by atoms with E-state index in [-0.39, 0.29) is 12.1 Å². The Morgan fingerprint density at radius 1 is 1.12 bits per heavy atom. The van der Waals surface area contributed by atoms with Crippen LogP contribution in [0.3, 0.4) is 0 Å². The van der Waals surface area contributed by atoms with Gasteiger partial charge in [0.05, 0.1) is 6.10 Å². The fraction of sp³-hybridized carbons (Fsp3) is 0.474. The molecule has 0 N–H and O–H groups in total. The second-order valence-corrected chi connectivity index (χ2v) is 6.53. The number of hydrogen-bond donors (Lipinski definition) is 0. The van der Waals surface area contributed by atoms with E-state index in [0.29, 0.717) is 12.3 Å². The summed E-state index contributed by atoms with van der Waals surface area (Å²) in [4.78, 5) is 9.55. The molecule has 1 aromatic carbocycles. The molecule has 7 heteroatoms. The summed E-state index contributed by atoms with van der Waals surface area (Å²) >= 11 is 0. The van der Waals surface area contributed by atoms with Crippen LogP contribution in [-0.4, -0.2) is 23.1 Å². The molecule has 0 saturated carbocycles. The Morgan fingerprint density at radius 2 is 1.73 bits per heavy atom. The number of benzene rings is 1. The fourth-order valence-electron chi connectivity index (χ4n) is 2.28. The molecule has 0 aliphatic heterocycles. The zero-order chi connectivity index (χ0) is 19.5. The molecule has 0 spiro atoms. The third-order valence-corrected chi connectivity index (χ3v) is 4.18. The van der Waals surface area contributed by atoms with E-state index in [9.17, 15) is 13.2 Å². The van der Waals surface area contributed by atoms with Crippen LogP contribution in [0.4, 0.5) is 24.8 Å². The second kappa shape index (κ2) is 7.93. The molecule has 26 heavy (non-hydrogen) atoms. The molecular formula is C19H24F3N3O. The molecule has 0 fully saturated rings. The Bertz CT molecular complexity index is 730. The quantitative estimate of drug-likeness (QED) is 0.670. The Balaban J connectivity index is 2.37. The zero-order valence-electron chi connectivity index (χ0n) is 15.6. The summed E-state index contributed by atoms with van der Waals surface area (Å²) in [5, 5.41) is 0. The van der Waals surface area contributed by atoms with Gasteiger partial charge in [0.25, 0.3) is 0 Å². The van der Waals surface area contributed by atoms with Crippen molar-refractivity contribution >= 4 is 11.6 Å². The van der Waals surface area contributed by atoms with Crippen molar-refractivity contribution in [1.29, 1.82) is 0 Å². The van der Waals surface area contributed by atoms with Crippen molar-refractivity contribution in [2.75, 3.05) is 11.9 Å². The van der Waals surface area contributed by atoms with Gasteiger partial charge in [-0.3, -0.25) is 0 Å². The first-order chi connectivity index (χ1) is 12.1. The molecule has 0 saturated heterocycles. The number of anilines is 2. The highest BCUT2D eigenvalue weighted by Crippen LogP contribution is 2.36. The highest BCUT2D eigenvalue weighted by Gasteiger charge is 2.37. The number of ether oxygens (including phenoxy) is 1. The molecule has 1 heterocycles. The summed E-state index contributed by atoms with van der Waals surface area (Å²) < 4.78 is 45.0. The molecule has 1 aromatic heterocycles. The average molecular weight is 367 g/mol. The number of rotatable bonds is 6. The predicted molar refractivity (Wildman–Crippen MR) is 96.0 cm³/mol. The highest BCUT2D eigenvalue weighted by atomic mass is 19.4. The second-order valence-electron chi connectivity index (χ2n) is 6.53. The molecule has 2 aromatic rings. The maximum Gasteiger partial charge on any atom is 0.423 e. The molecule has 142 valence electrons. The summed E-state index contributed by atoms with van der Waals surface area (Å²) in [5.41, 5.74) is 0.991. The average Bonchev–Trinajstić information content (AvgIpc) is 2.60. The van der Waals surface area contributed by atoms with E-state index >= 15 is 0 Å². The Morgan fingerprint density at radius 3 is 2.23 bits per heavy atom. The third-order valence-electron chi connectivity index (χ3n) is 4.18. The van der Waals surface area contributed by atoms with Crippen LogP contribution < -0.4 is 9.64 Å². The van der Waals surface area contributed by atoms with Gasteiger partial charge in [-0.15, -0.1) is 0 Å². The van der Waals surface area contributed by atoms with E-state index in [1.54, 1.807) is 18.9 Å². The van der Waals surface area contributed by atoms with Gasteiger partial charge in [0.2, 0.25) is 11.8 Å². The SMILES string of the molecule is CCC(C)Oc1nc(N(C)c2ccc(C(C)C)cc2)ncc1C(F)(F)F. The number of hydrogen-bond acceptors (Lipinski definition) is 4. The van der Waals surface area contributed by atoms with Crippen molar-refractivity contribution in [3.63, 3.8) is 0 Å². The van der Waals surface area contributed by atoms with E-state index in [2.05, 4.69) is 23.8 Å². The summed E-state index contributed by atoms with van der Waals surface area (Å²) in [7, 11) is 1.71. The number of alkyl halides is 3. The Labute approximate surface area is 152 Å². The minimum atomic E-state index is -4.57. The van der Waals surface area contributed by atoms with Crippen molar-refractivity contribution < 1.29 is 17.9 Å². The number of nitrogens with zero attached hydrogens (tertiary/aromatic N) is 3. The Hall–Kier alpha value is -2.31. The fourth-order valence-corrected chi connectivity index (χ4v) is 2.28. The smallest absolute Gasteiger partial charge is 0.423 e. The highest BCUT2D eigenvalue weighted by molar-refractivity contribution is 5.57. The topological polar surface area (TPSA) is 38.2 Å².